The quantitative estimate of drug-likeness (QED) is 0.469. The number of ether oxygens (including phenoxy) is 1. The monoisotopic (exact) mass is 381 g/mol. The summed E-state index contributed by atoms with van der Waals surface area (Å²) < 4.78 is 4.80. The van der Waals surface area contributed by atoms with E-state index in [2.05, 4.69) is 10.6 Å². The highest BCUT2D eigenvalue weighted by Crippen LogP contribution is 2.30. The Hall–Kier alpha value is -3.31. The minimum absolute atomic E-state index is 0.136. The summed E-state index contributed by atoms with van der Waals surface area (Å²) in [5.74, 6) is -3.55. The predicted octanol–water partition coefficient (Wildman–Crippen LogP) is 1.47. The van der Waals surface area contributed by atoms with E-state index < -0.39 is 35.5 Å². The number of methoxy groups -OCH3 is 1. The van der Waals surface area contributed by atoms with Gasteiger partial charge in [-0.3, -0.25) is 9.59 Å². The van der Waals surface area contributed by atoms with Gasteiger partial charge in [0.15, 0.2) is 22.4 Å². The van der Waals surface area contributed by atoms with Crippen LogP contribution in [0.3, 0.4) is 0 Å². The molecule has 0 aromatic heterocycles. The average molecular weight is 381 g/mol. The van der Waals surface area contributed by atoms with Crippen LogP contribution < -0.4 is 10.6 Å². The first-order valence-corrected chi connectivity index (χ1v) is 8.46. The maximum atomic E-state index is 13.1. The van der Waals surface area contributed by atoms with Gasteiger partial charge < -0.3 is 15.4 Å². The van der Waals surface area contributed by atoms with Crippen LogP contribution in [0.5, 0.6) is 0 Å². The first-order chi connectivity index (χ1) is 12.9. The van der Waals surface area contributed by atoms with Crippen LogP contribution in [-0.2, 0) is 14.3 Å². The van der Waals surface area contributed by atoms with Crippen molar-refractivity contribution in [1.82, 2.24) is 10.6 Å². The van der Waals surface area contributed by atoms with Crippen LogP contribution in [0.2, 0.25) is 0 Å². The molecule has 0 bridgehead atoms. The topological polar surface area (TPSA) is 108 Å². The second-order valence-electron chi connectivity index (χ2n) is 6.10. The van der Waals surface area contributed by atoms with Crippen LogP contribution in [0.15, 0.2) is 42.5 Å². The van der Waals surface area contributed by atoms with Crippen molar-refractivity contribution in [3.63, 3.8) is 0 Å². The SMILES string of the molecule is COC(=O)[C@]1(CC(=O)c2cccc3ccccc23)NC(=S)NC(=O)[C@H]1C#N. The molecule has 1 heterocycles. The molecule has 2 aromatic rings. The third-order valence-electron chi connectivity index (χ3n) is 4.54. The first kappa shape index (κ1) is 18.5. The van der Waals surface area contributed by atoms with E-state index in [1.54, 1.807) is 30.3 Å². The van der Waals surface area contributed by atoms with Crippen LogP contribution in [0, 0.1) is 17.2 Å². The molecule has 1 aliphatic heterocycles. The first-order valence-electron chi connectivity index (χ1n) is 8.05. The summed E-state index contributed by atoms with van der Waals surface area (Å²) >= 11 is 4.97. The number of fused-ring (bicyclic) bond motifs is 1. The molecule has 2 N–H and O–H groups in total. The highest BCUT2D eigenvalue weighted by molar-refractivity contribution is 7.80. The Morgan fingerprint density at radius 1 is 1.26 bits per heavy atom. The molecular weight excluding hydrogens is 366 g/mol. The van der Waals surface area contributed by atoms with Crippen molar-refractivity contribution >= 4 is 45.8 Å². The summed E-state index contributed by atoms with van der Waals surface area (Å²) in [6.07, 6.45) is -0.459. The zero-order valence-corrected chi connectivity index (χ0v) is 15.1. The molecule has 1 saturated heterocycles. The molecule has 7 nitrogen and oxygen atoms in total. The van der Waals surface area contributed by atoms with E-state index in [4.69, 9.17) is 17.0 Å². The number of nitrogens with zero attached hydrogens (tertiary/aromatic N) is 1. The minimum atomic E-state index is -1.89. The van der Waals surface area contributed by atoms with E-state index in [0.29, 0.717) is 10.9 Å². The van der Waals surface area contributed by atoms with Crippen LogP contribution in [0.4, 0.5) is 0 Å². The van der Waals surface area contributed by atoms with Gasteiger partial charge in [-0.2, -0.15) is 5.26 Å². The third-order valence-corrected chi connectivity index (χ3v) is 4.74. The lowest BCUT2D eigenvalue weighted by Crippen LogP contribution is -2.70. The van der Waals surface area contributed by atoms with Crippen molar-refractivity contribution in [1.29, 1.82) is 5.26 Å². The summed E-state index contributed by atoms with van der Waals surface area (Å²) in [5, 5.41) is 15.8. The Morgan fingerprint density at radius 3 is 2.67 bits per heavy atom. The molecule has 1 amide bonds. The highest BCUT2D eigenvalue weighted by Gasteiger charge is 2.55. The van der Waals surface area contributed by atoms with Gasteiger partial charge in [0.05, 0.1) is 13.2 Å². The maximum absolute atomic E-state index is 13.1. The molecule has 1 aliphatic rings. The van der Waals surface area contributed by atoms with Gasteiger partial charge in [0.1, 0.15) is 0 Å². The number of benzene rings is 2. The van der Waals surface area contributed by atoms with Crippen molar-refractivity contribution in [2.24, 2.45) is 5.92 Å². The molecule has 0 spiro atoms. The van der Waals surface area contributed by atoms with Gasteiger partial charge in [0.25, 0.3) is 0 Å². The molecule has 8 heteroatoms. The van der Waals surface area contributed by atoms with Crippen molar-refractivity contribution < 1.29 is 19.1 Å². The van der Waals surface area contributed by atoms with Gasteiger partial charge in [0.2, 0.25) is 5.91 Å². The fraction of sp³-hybridized carbons (Fsp3) is 0.211. The Labute approximate surface area is 160 Å². The van der Waals surface area contributed by atoms with Gasteiger partial charge in [0, 0.05) is 12.0 Å². The number of carbonyl (C=O) groups is 3. The van der Waals surface area contributed by atoms with Gasteiger partial charge in [-0.25, -0.2) is 4.79 Å². The summed E-state index contributed by atoms with van der Waals surface area (Å²) in [5.41, 5.74) is -1.51. The lowest BCUT2D eigenvalue weighted by Gasteiger charge is -2.38. The number of hydrogen-bond acceptors (Lipinski definition) is 6. The Morgan fingerprint density at radius 2 is 1.96 bits per heavy atom. The van der Waals surface area contributed by atoms with Gasteiger partial charge in [-0.15, -0.1) is 0 Å². The smallest absolute Gasteiger partial charge is 0.334 e. The maximum Gasteiger partial charge on any atom is 0.334 e. The van der Waals surface area contributed by atoms with Gasteiger partial charge in [-0.1, -0.05) is 42.5 Å². The molecule has 2 atom stereocenters. The Balaban J connectivity index is 2.08. The standard InChI is InChI=1S/C19H15N3O4S/c1-26-17(25)19(14(10-20)16(24)21-18(27)22-19)9-15(23)13-8-4-6-11-5-2-3-7-12(11)13/h2-8,14H,9H2,1H3,(H2,21,22,24,27)/t14-,19-/m1/s1. The average Bonchev–Trinajstić information content (AvgIpc) is 2.66. The Bertz CT molecular complexity index is 1010. The number of hydrogen-bond donors (Lipinski definition) is 2. The number of esters is 1. The number of nitrogens with one attached hydrogen (secondary N) is 2. The van der Waals surface area contributed by atoms with Gasteiger partial charge >= 0.3 is 5.97 Å². The Kier molecular flexibility index (Phi) is 4.88. The fourth-order valence-electron chi connectivity index (χ4n) is 3.27. The third kappa shape index (κ3) is 3.13. The largest absolute Gasteiger partial charge is 0.467 e. The highest BCUT2D eigenvalue weighted by atomic mass is 32.1. The molecule has 3 rings (SSSR count). The summed E-state index contributed by atoms with van der Waals surface area (Å²) in [6, 6.07) is 14.3. The van der Waals surface area contributed by atoms with Crippen LogP contribution in [0.25, 0.3) is 10.8 Å². The molecule has 0 aliphatic carbocycles. The number of carbonyl (C=O) groups excluding carboxylic acids is 3. The number of amides is 1. The van der Waals surface area contributed by atoms with Crippen molar-refractivity contribution in [3.8, 4) is 6.07 Å². The van der Waals surface area contributed by atoms with E-state index in [9.17, 15) is 19.6 Å². The zero-order chi connectivity index (χ0) is 19.6. The normalized spacial score (nSPS) is 21.7. The number of thiocarbonyl (C=S) groups is 1. The second-order valence-corrected chi connectivity index (χ2v) is 6.50. The van der Waals surface area contributed by atoms with Crippen molar-refractivity contribution in [2.45, 2.75) is 12.0 Å². The summed E-state index contributed by atoms with van der Waals surface area (Å²) in [7, 11) is 1.12. The lowest BCUT2D eigenvalue weighted by atomic mass is 9.77. The fourth-order valence-corrected chi connectivity index (χ4v) is 3.55. The van der Waals surface area contributed by atoms with Crippen molar-refractivity contribution in [3.05, 3.63) is 48.0 Å². The van der Waals surface area contributed by atoms with Crippen LogP contribution in [0.1, 0.15) is 16.8 Å². The molecule has 0 radical (unpaired) electrons. The summed E-state index contributed by atoms with van der Waals surface area (Å²) in [4.78, 5) is 37.9. The zero-order valence-electron chi connectivity index (χ0n) is 14.3. The number of ketones is 1. The molecule has 1 fully saturated rings. The van der Waals surface area contributed by atoms with E-state index in [-0.39, 0.29) is 5.11 Å². The van der Waals surface area contributed by atoms with E-state index in [0.717, 1.165) is 12.5 Å². The van der Waals surface area contributed by atoms with E-state index >= 15 is 0 Å². The van der Waals surface area contributed by atoms with E-state index in [1.165, 1.54) is 0 Å². The minimum Gasteiger partial charge on any atom is -0.467 e. The predicted molar refractivity (Wildman–Crippen MR) is 101 cm³/mol. The van der Waals surface area contributed by atoms with Gasteiger partial charge in [-0.05, 0) is 23.0 Å². The second kappa shape index (κ2) is 7.13. The van der Waals surface area contributed by atoms with Crippen LogP contribution >= 0.6 is 12.2 Å². The van der Waals surface area contributed by atoms with E-state index in [1.807, 2.05) is 18.2 Å². The molecular formula is C19H15N3O4S. The molecule has 0 saturated carbocycles. The summed E-state index contributed by atoms with van der Waals surface area (Å²) in [6.45, 7) is 0. The van der Waals surface area contributed by atoms with Crippen LogP contribution in [-0.4, -0.2) is 35.4 Å². The number of nitriles is 1. The molecule has 27 heavy (non-hydrogen) atoms. The number of Topliss-reactive ketones (excluding diaryl/α,β-unsaturated/α-hetero) is 1. The number of rotatable bonds is 4. The molecule has 0 unspecified atom stereocenters. The molecule has 136 valence electrons. The van der Waals surface area contributed by atoms with Crippen molar-refractivity contribution in [2.75, 3.05) is 7.11 Å². The molecule has 2 aromatic carbocycles. The lowest BCUT2D eigenvalue weighted by molar-refractivity contribution is -0.152.